The summed E-state index contributed by atoms with van der Waals surface area (Å²) in [7, 11) is 0. The van der Waals surface area contributed by atoms with Crippen molar-refractivity contribution in [1.29, 1.82) is 0 Å². The Morgan fingerprint density at radius 2 is 2.06 bits per heavy atom. The minimum Gasteiger partial charge on any atom is -0.381 e. The number of nitrogens with one attached hydrogen (secondary N) is 1. The van der Waals surface area contributed by atoms with Gasteiger partial charge in [0.05, 0.1) is 11.4 Å². The van der Waals surface area contributed by atoms with E-state index in [4.69, 9.17) is 0 Å². The first kappa shape index (κ1) is 12.5. The molecule has 0 saturated carbocycles. The number of aromatic nitrogens is 4. The van der Waals surface area contributed by atoms with Crippen LogP contribution in [-0.4, -0.2) is 26.2 Å². The molecule has 1 aromatic heterocycles. The topological polar surface area (TPSA) is 55.6 Å². The second kappa shape index (κ2) is 5.62. The van der Waals surface area contributed by atoms with Gasteiger partial charge in [-0.25, -0.2) is 0 Å². The van der Waals surface area contributed by atoms with Crippen LogP contribution in [0.2, 0.25) is 0 Å². The van der Waals surface area contributed by atoms with E-state index in [2.05, 4.69) is 47.7 Å². The molecule has 2 atom stereocenters. The zero-order valence-electron chi connectivity index (χ0n) is 11.0. The Bertz CT molecular complexity index is 480. The van der Waals surface area contributed by atoms with Gasteiger partial charge in [-0.3, -0.25) is 0 Å². The molecule has 2 aromatic rings. The molecule has 0 fully saturated rings. The highest BCUT2D eigenvalue weighted by Gasteiger charge is 2.12. The highest BCUT2D eigenvalue weighted by molar-refractivity contribution is 5.60. The first-order valence-electron chi connectivity index (χ1n) is 6.31. The molecule has 2 rings (SSSR count). The predicted octanol–water partition coefficient (Wildman–Crippen LogP) is 2.51. The van der Waals surface area contributed by atoms with Crippen LogP contribution in [0, 0.1) is 5.92 Å². The summed E-state index contributed by atoms with van der Waals surface area (Å²) < 4.78 is 1.67. The third kappa shape index (κ3) is 2.67. The van der Waals surface area contributed by atoms with Crippen molar-refractivity contribution in [2.24, 2.45) is 5.92 Å². The van der Waals surface area contributed by atoms with Crippen LogP contribution in [0.3, 0.4) is 0 Å². The molecule has 5 nitrogen and oxygen atoms in total. The summed E-state index contributed by atoms with van der Waals surface area (Å²) in [5, 5.41) is 14.8. The van der Waals surface area contributed by atoms with Gasteiger partial charge in [-0.1, -0.05) is 32.4 Å². The number of tetrazole rings is 1. The van der Waals surface area contributed by atoms with E-state index in [0.29, 0.717) is 12.0 Å². The van der Waals surface area contributed by atoms with E-state index in [1.165, 1.54) is 0 Å². The normalized spacial score (nSPS) is 14.2. The Morgan fingerprint density at radius 1 is 1.28 bits per heavy atom. The van der Waals surface area contributed by atoms with E-state index in [1.54, 1.807) is 11.0 Å². The lowest BCUT2D eigenvalue weighted by Gasteiger charge is -2.22. The Hall–Kier alpha value is -1.91. The smallest absolute Gasteiger partial charge is 0.143 e. The van der Waals surface area contributed by atoms with Crippen LogP contribution in [0.4, 0.5) is 5.69 Å². The largest absolute Gasteiger partial charge is 0.381 e. The third-order valence-electron chi connectivity index (χ3n) is 3.38. The Kier molecular flexibility index (Phi) is 3.92. The summed E-state index contributed by atoms with van der Waals surface area (Å²) >= 11 is 0. The molecule has 96 valence electrons. The summed E-state index contributed by atoms with van der Waals surface area (Å²) in [4.78, 5) is 0. The van der Waals surface area contributed by atoms with Gasteiger partial charge in [0, 0.05) is 6.04 Å². The molecule has 2 unspecified atom stereocenters. The van der Waals surface area contributed by atoms with Gasteiger partial charge in [-0.05, 0) is 35.4 Å². The standard InChI is InChI=1S/C13H19N5/c1-4-10(2)11(3)15-12-7-5-6-8-13(12)18-9-14-16-17-18/h5-11,15H,4H2,1-3H3. The lowest BCUT2D eigenvalue weighted by molar-refractivity contribution is 0.494. The van der Waals surface area contributed by atoms with Gasteiger partial charge in [0.1, 0.15) is 6.33 Å². The van der Waals surface area contributed by atoms with Crippen molar-refractivity contribution < 1.29 is 0 Å². The molecule has 0 spiro atoms. The summed E-state index contributed by atoms with van der Waals surface area (Å²) in [5.74, 6) is 0.618. The summed E-state index contributed by atoms with van der Waals surface area (Å²) in [6.45, 7) is 6.65. The molecular weight excluding hydrogens is 226 g/mol. The van der Waals surface area contributed by atoms with E-state index in [9.17, 15) is 0 Å². The lowest BCUT2D eigenvalue weighted by Crippen LogP contribution is -2.24. The molecule has 0 aliphatic rings. The maximum atomic E-state index is 3.93. The molecule has 18 heavy (non-hydrogen) atoms. The first-order valence-corrected chi connectivity index (χ1v) is 6.31. The zero-order chi connectivity index (χ0) is 13.0. The SMILES string of the molecule is CCC(C)C(C)Nc1ccccc1-n1cnnn1. The molecule has 1 heterocycles. The molecule has 5 heteroatoms. The number of nitrogens with zero attached hydrogens (tertiary/aromatic N) is 4. The fourth-order valence-corrected chi connectivity index (χ4v) is 1.81. The molecule has 1 N–H and O–H groups in total. The number of hydrogen-bond donors (Lipinski definition) is 1. The minimum atomic E-state index is 0.410. The maximum Gasteiger partial charge on any atom is 0.143 e. The summed E-state index contributed by atoms with van der Waals surface area (Å²) in [6.07, 6.45) is 2.76. The van der Waals surface area contributed by atoms with E-state index >= 15 is 0 Å². The van der Waals surface area contributed by atoms with Crippen LogP contribution in [0.25, 0.3) is 5.69 Å². The van der Waals surface area contributed by atoms with Crippen LogP contribution in [-0.2, 0) is 0 Å². The quantitative estimate of drug-likeness (QED) is 0.879. The van der Waals surface area contributed by atoms with Gasteiger partial charge in [0.2, 0.25) is 0 Å². The molecule has 0 aliphatic heterocycles. The fraction of sp³-hybridized carbons (Fsp3) is 0.462. The van der Waals surface area contributed by atoms with Gasteiger partial charge >= 0.3 is 0 Å². The van der Waals surface area contributed by atoms with Crippen LogP contribution in [0.5, 0.6) is 0 Å². The molecule has 0 bridgehead atoms. The average molecular weight is 245 g/mol. The number of anilines is 1. The highest BCUT2D eigenvalue weighted by atomic mass is 15.5. The number of rotatable bonds is 5. The van der Waals surface area contributed by atoms with E-state index < -0.39 is 0 Å². The Balaban J connectivity index is 2.23. The van der Waals surface area contributed by atoms with Crippen LogP contribution < -0.4 is 5.32 Å². The zero-order valence-corrected chi connectivity index (χ0v) is 11.0. The van der Waals surface area contributed by atoms with Crippen LogP contribution in [0.15, 0.2) is 30.6 Å². The van der Waals surface area contributed by atoms with Crippen LogP contribution in [0.1, 0.15) is 27.2 Å². The lowest BCUT2D eigenvalue weighted by atomic mass is 10.0. The molecule has 0 saturated heterocycles. The van der Waals surface area contributed by atoms with Crippen molar-refractivity contribution in [1.82, 2.24) is 20.2 Å². The van der Waals surface area contributed by atoms with Gasteiger partial charge in [-0.15, -0.1) is 5.10 Å². The van der Waals surface area contributed by atoms with Crippen LogP contribution >= 0.6 is 0 Å². The van der Waals surface area contributed by atoms with Gasteiger partial charge < -0.3 is 5.32 Å². The monoisotopic (exact) mass is 245 g/mol. The highest BCUT2D eigenvalue weighted by Crippen LogP contribution is 2.21. The number of hydrogen-bond acceptors (Lipinski definition) is 4. The number of benzene rings is 1. The first-order chi connectivity index (χ1) is 8.72. The van der Waals surface area contributed by atoms with Crippen molar-refractivity contribution >= 4 is 5.69 Å². The molecule has 0 amide bonds. The Labute approximate surface area is 107 Å². The average Bonchev–Trinajstić information content (AvgIpc) is 2.92. The van der Waals surface area contributed by atoms with Gasteiger partial charge in [0.25, 0.3) is 0 Å². The van der Waals surface area contributed by atoms with Gasteiger partial charge in [-0.2, -0.15) is 4.68 Å². The molecule has 1 aromatic carbocycles. The van der Waals surface area contributed by atoms with E-state index in [0.717, 1.165) is 17.8 Å². The van der Waals surface area contributed by atoms with Crippen molar-refractivity contribution in [3.8, 4) is 5.69 Å². The summed E-state index contributed by atoms with van der Waals surface area (Å²) in [5.41, 5.74) is 2.02. The second-order valence-electron chi connectivity index (χ2n) is 4.59. The Morgan fingerprint density at radius 3 is 2.72 bits per heavy atom. The van der Waals surface area contributed by atoms with Gasteiger partial charge in [0.15, 0.2) is 0 Å². The summed E-state index contributed by atoms with van der Waals surface area (Å²) in [6, 6.07) is 8.46. The molecule has 0 aliphatic carbocycles. The second-order valence-corrected chi connectivity index (χ2v) is 4.59. The van der Waals surface area contributed by atoms with E-state index in [-0.39, 0.29) is 0 Å². The van der Waals surface area contributed by atoms with E-state index in [1.807, 2.05) is 18.2 Å². The number of para-hydroxylation sites is 2. The molecular formula is C13H19N5. The van der Waals surface area contributed by atoms with Crippen molar-refractivity contribution in [2.75, 3.05) is 5.32 Å². The van der Waals surface area contributed by atoms with Crippen molar-refractivity contribution in [3.05, 3.63) is 30.6 Å². The molecule has 0 radical (unpaired) electrons. The van der Waals surface area contributed by atoms with Crippen molar-refractivity contribution in [2.45, 2.75) is 33.2 Å². The minimum absolute atomic E-state index is 0.410. The predicted molar refractivity (Wildman–Crippen MR) is 71.7 cm³/mol. The third-order valence-corrected chi connectivity index (χ3v) is 3.38. The fourth-order valence-electron chi connectivity index (χ4n) is 1.81. The maximum absolute atomic E-state index is 3.93. The van der Waals surface area contributed by atoms with Crippen molar-refractivity contribution in [3.63, 3.8) is 0 Å².